The molecule has 0 radical (unpaired) electrons. The Balaban J connectivity index is 1.38. The second kappa shape index (κ2) is 7.64. The van der Waals surface area contributed by atoms with Crippen LogP contribution in [-0.4, -0.2) is 41.2 Å². The zero-order valence-electron chi connectivity index (χ0n) is 17.7. The van der Waals surface area contributed by atoms with Gasteiger partial charge < -0.3 is 15.2 Å². The summed E-state index contributed by atoms with van der Waals surface area (Å²) in [5, 5.41) is 11.1. The Bertz CT molecular complexity index is 1280. The maximum Gasteiger partial charge on any atom is 0.433 e. The second-order valence-electron chi connectivity index (χ2n) is 8.31. The van der Waals surface area contributed by atoms with Crippen LogP contribution in [0.2, 0.25) is 0 Å². The quantitative estimate of drug-likeness (QED) is 0.491. The van der Waals surface area contributed by atoms with Crippen LogP contribution in [0.5, 0.6) is 0 Å². The number of hydrogen-bond donors (Lipinski definition) is 2. The lowest BCUT2D eigenvalue weighted by molar-refractivity contribution is -0.141. The minimum atomic E-state index is -4.53. The van der Waals surface area contributed by atoms with Crippen molar-refractivity contribution in [3.05, 3.63) is 42.1 Å². The molecular weight excluding hydrogens is 421 g/mol. The first-order chi connectivity index (χ1) is 15.3. The lowest BCUT2D eigenvalue weighted by Gasteiger charge is -2.31. The number of nitrogens with zero attached hydrogens (tertiary/aromatic N) is 6. The molecule has 32 heavy (non-hydrogen) atoms. The number of fused-ring (bicyclic) bond motifs is 2. The van der Waals surface area contributed by atoms with E-state index in [0.717, 1.165) is 48.6 Å². The summed E-state index contributed by atoms with van der Waals surface area (Å²) in [7, 11) is 1.92. The fourth-order valence-electron chi connectivity index (χ4n) is 4.40. The van der Waals surface area contributed by atoms with E-state index in [2.05, 4.69) is 30.7 Å². The van der Waals surface area contributed by atoms with E-state index in [1.54, 1.807) is 25.5 Å². The number of pyridine rings is 1. The Morgan fingerprint density at radius 2 is 1.88 bits per heavy atom. The zero-order valence-corrected chi connectivity index (χ0v) is 17.7. The molecule has 1 aliphatic carbocycles. The number of halogens is 3. The first-order valence-corrected chi connectivity index (χ1v) is 10.5. The van der Waals surface area contributed by atoms with Crippen LogP contribution in [0, 0.1) is 6.92 Å². The van der Waals surface area contributed by atoms with Crippen molar-refractivity contribution in [3.8, 4) is 0 Å². The van der Waals surface area contributed by atoms with Gasteiger partial charge in [-0.3, -0.25) is 0 Å². The number of alkyl halides is 3. The van der Waals surface area contributed by atoms with E-state index in [-0.39, 0.29) is 17.7 Å². The van der Waals surface area contributed by atoms with E-state index in [0.29, 0.717) is 11.5 Å². The number of anilines is 2. The number of aryl methyl sites for hydroxylation is 2. The van der Waals surface area contributed by atoms with Crippen molar-refractivity contribution >= 4 is 28.3 Å². The molecule has 0 amide bonds. The molecule has 0 aromatic carbocycles. The number of hydrogen-bond acceptors (Lipinski definition) is 6. The summed E-state index contributed by atoms with van der Waals surface area (Å²) < 4.78 is 43.5. The van der Waals surface area contributed by atoms with E-state index in [9.17, 15) is 13.2 Å². The lowest BCUT2D eigenvalue weighted by atomic mass is 9.91. The molecule has 4 heterocycles. The van der Waals surface area contributed by atoms with Crippen LogP contribution in [-0.2, 0) is 13.2 Å². The topological polar surface area (TPSA) is 85.0 Å². The fourth-order valence-corrected chi connectivity index (χ4v) is 4.40. The maximum atomic E-state index is 13.4. The highest BCUT2D eigenvalue weighted by atomic mass is 19.4. The van der Waals surface area contributed by atoms with Crippen molar-refractivity contribution in [2.24, 2.45) is 7.05 Å². The molecule has 1 aliphatic rings. The van der Waals surface area contributed by atoms with E-state index in [1.165, 1.54) is 4.52 Å². The smallest absolute Gasteiger partial charge is 0.367 e. The van der Waals surface area contributed by atoms with Gasteiger partial charge >= 0.3 is 6.18 Å². The Hall–Kier alpha value is -3.37. The van der Waals surface area contributed by atoms with E-state index in [1.807, 2.05) is 17.7 Å². The first-order valence-electron chi connectivity index (χ1n) is 10.5. The monoisotopic (exact) mass is 444 g/mol. The van der Waals surface area contributed by atoms with Crippen LogP contribution in [0.15, 0.2) is 30.7 Å². The predicted octanol–water partition coefficient (Wildman–Crippen LogP) is 4.17. The van der Waals surface area contributed by atoms with Crippen molar-refractivity contribution in [2.45, 2.75) is 50.9 Å². The third kappa shape index (κ3) is 3.82. The normalized spacial score (nSPS) is 19.5. The van der Waals surface area contributed by atoms with Crippen molar-refractivity contribution in [1.29, 1.82) is 0 Å². The van der Waals surface area contributed by atoms with E-state index in [4.69, 9.17) is 0 Å². The van der Waals surface area contributed by atoms with E-state index >= 15 is 0 Å². The minimum Gasteiger partial charge on any atom is -0.367 e. The van der Waals surface area contributed by atoms with Crippen LogP contribution in [0.3, 0.4) is 0 Å². The summed E-state index contributed by atoms with van der Waals surface area (Å²) >= 11 is 0. The molecule has 11 heteroatoms. The Morgan fingerprint density at radius 1 is 1.09 bits per heavy atom. The molecule has 0 bridgehead atoms. The van der Waals surface area contributed by atoms with Crippen molar-refractivity contribution in [2.75, 3.05) is 10.6 Å². The molecule has 0 unspecified atom stereocenters. The molecular formula is C21H23F3N8. The van der Waals surface area contributed by atoms with Gasteiger partial charge in [0.25, 0.3) is 0 Å². The Kier molecular flexibility index (Phi) is 4.90. The highest BCUT2D eigenvalue weighted by Gasteiger charge is 2.34. The van der Waals surface area contributed by atoms with Gasteiger partial charge in [0.1, 0.15) is 11.3 Å². The summed E-state index contributed by atoms with van der Waals surface area (Å²) in [6, 6.07) is 4.57. The van der Waals surface area contributed by atoms with E-state index < -0.39 is 11.9 Å². The van der Waals surface area contributed by atoms with Crippen LogP contribution in [0.25, 0.3) is 16.7 Å². The highest BCUT2D eigenvalue weighted by molar-refractivity contribution is 5.86. The molecule has 8 nitrogen and oxygen atoms in total. The summed E-state index contributed by atoms with van der Waals surface area (Å²) in [6.07, 6.45) is 2.43. The fraction of sp³-hybridized carbons (Fsp3) is 0.429. The molecule has 168 valence electrons. The lowest BCUT2D eigenvalue weighted by Crippen LogP contribution is -2.35. The molecule has 2 atom stereocenters. The number of nitrogens with one attached hydrogen (secondary N) is 2. The average molecular weight is 444 g/mol. The molecule has 5 rings (SSSR count). The standard InChI is InChI=1S/C21H23F3N8/c1-12-8-17-29-16(21(22,23)24)10-18(32(17)30-12)27-13-4-3-5-14(9-13)28-20-19-15(6-7-25-20)26-11-31(19)2/h6-8,10-11,13-14,27H,3-5,9H2,1-2H3,(H,25,28)/t13-,14+/m0/s1. The number of imidazole rings is 1. The molecule has 0 saturated heterocycles. The van der Waals surface area contributed by atoms with Crippen LogP contribution < -0.4 is 10.6 Å². The van der Waals surface area contributed by atoms with Gasteiger partial charge in [0.2, 0.25) is 0 Å². The number of aromatic nitrogens is 6. The summed E-state index contributed by atoms with van der Waals surface area (Å²) in [5.41, 5.74) is 1.66. The molecule has 2 N–H and O–H groups in total. The predicted molar refractivity (Wildman–Crippen MR) is 115 cm³/mol. The van der Waals surface area contributed by atoms with Gasteiger partial charge in [0.15, 0.2) is 17.2 Å². The largest absolute Gasteiger partial charge is 0.433 e. The van der Waals surface area contributed by atoms with Crippen LogP contribution >= 0.6 is 0 Å². The summed E-state index contributed by atoms with van der Waals surface area (Å²) in [4.78, 5) is 12.6. The Labute approximate surface area is 181 Å². The van der Waals surface area contributed by atoms with Crippen molar-refractivity contribution < 1.29 is 13.2 Å². The zero-order chi connectivity index (χ0) is 22.5. The molecule has 4 aromatic heterocycles. The van der Waals surface area contributed by atoms with Gasteiger partial charge in [0, 0.05) is 37.5 Å². The molecule has 0 spiro atoms. The van der Waals surface area contributed by atoms with Gasteiger partial charge in [0.05, 0.1) is 17.5 Å². The van der Waals surface area contributed by atoms with Crippen LogP contribution in [0.4, 0.5) is 24.8 Å². The van der Waals surface area contributed by atoms with Crippen molar-refractivity contribution in [1.82, 2.24) is 29.1 Å². The molecule has 1 fully saturated rings. The first kappa shape index (κ1) is 20.5. The molecule has 1 saturated carbocycles. The third-order valence-corrected chi connectivity index (χ3v) is 5.83. The molecule has 4 aromatic rings. The summed E-state index contributed by atoms with van der Waals surface area (Å²) in [5.74, 6) is 1.06. The third-order valence-electron chi connectivity index (χ3n) is 5.83. The number of rotatable bonds is 4. The Morgan fingerprint density at radius 3 is 2.66 bits per heavy atom. The second-order valence-corrected chi connectivity index (χ2v) is 8.31. The van der Waals surface area contributed by atoms with Gasteiger partial charge in [-0.25, -0.2) is 15.0 Å². The van der Waals surface area contributed by atoms with Crippen LogP contribution in [0.1, 0.15) is 37.1 Å². The SMILES string of the molecule is Cc1cc2nc(C(F)(F)F)cc(N[C@H]3CCC[C@@H](Nc4nccc5ncn(C)c45)C3)n2n1. The van der Waals surface area contributed by atoms with Gasteiger partial charge in [-0.15, -0.1) is 0 Å². The maximum absolute atomic E-state index is 13.4. The van der Waals surface area contributed by atoms with Gasteiger partial charge in [-0.05, 0) is 38.7 Å². The average Bonchev–Trinajstić information content (AvgIpc) is 3.30. The summed E-state index contributed by atoms with van der Waals surface area (Å²) in [6.45, 7) is 1.73. The molecule has 0 aliphatic heterocycles. The highest BCUT2D eigenvalue weighted by Crippen LogP contribution is 2.32. The van der Waals surface area contributed by atoms with Gasteiger partial charge in [-0.1, -0.05) is 0 Å². The minimum absolute atomic E-state index is 0.0109. The van der Waals surface area contributed by atoms with Crippen molar-refractivity contribution in [3.63, 3.8) is 0 Å². The van der Waals surface area contributed by atoms with Gasteiger partial charge in [-0.2, -0.15) is 22.8 Å².